The van der Waals surface area contributed by atoms with Crippen LogP contribution in [0.4, 0.5) is 4.39 Å². The van der Waals surface area contributed by atoms with E-state index in [1.807, 2.05) is 28.5 Å². The minimum Gasteiger partial charge on any atom is -0.339 e. The number of carbonyl (C=O) groups is 1. The molecule has 154 valence electrons. The van der Waals surface area contributed by atoms with Gasteiger partial charge in [-0.2, -0.15) is 5.10 Å². The van der Waals surface area contributed by atoms with E-state index in [1.165, 1.54) is 22.9 Å². The Balaban J connectivity index is 1.37. The van der Waals surface area contributed by atoms with Crippen LogP contribution in [0.25, 0.3) is 17.3 Å². The Kier molecular flexibility index (Phi) is 6.18. The Morgan fingerprint density at radius 1 is 1.13 bits per heavy atom. The third kappa shape index (κ3) is 4.91. The van der Waals surface area contributed by atoms with Gasteiger partial charge >= 0.3 is 0 Å². The summed E-state index contributed by atoms with van der Waals surface area (Å²) in [5, 5.41) is 6.45. The predicted molar refractivity (Wildman–Crippen MR) is 117 cm³/mol. The van der Waals surface area contributed by atoms with Crippen LogP contribution in [0.2, 0.25) is 0 Å². The smallest absolute Gasteiger partial charge is 0.266 e. The van der Waals surface area contributed by atoms with Crippen LogP contribution in [0.5, 0.6) is 0 Å². The molecule has 4 rings (SSSR count). The fraction of sp³-hybridized carbons (Fsp3) is 0.261. The topological polar surface area (TPSA) is 55.2 Å². The van der Waals surface area contributed by atoms with Gasteiger partial charge in [-0.15, -0.1) is 11.3 Å². The first-order valence-electron chi connectivity index (χ1n) is 9.93. The molecule has 0 unspecified atom stereocenters. The van der Waals surface area contributed by atoms with Crippen molar-refractivity contribution in [3.63, 3.8) is 0 Å². The van der Waals surface area contributed by atoms with E-state index in [9.17, 15) is 14.0 Å². The average molecular weight is 424 g/mol. The summed E-state index contributed by atoms with van der Waals surface area (Å²) in [6.07, 6.45) is 5.13. The monoisotopic (exact) mass is 423 g/mol. The first kappa shape index (κ1) is 20.2. The second kappa shape index (κ2) is 9.17. The molecule has 2 aromatic heterocycles. The summed E-state index contributed by atoms with van der Waals surface area (Å²) in [5.41, 5.74) is 1.25. The molecule has 1 fully saturated rings. The highest BCUT2D eigenvalue weighted by Gasteiger charge is 2.22. The summed E-state index contributed by atoms with van der Waals surface area (Å²) in [6, 6.07) is 13.2. The van der Waals surface area contributed by atoms with Crippen LogP contribution in [0.15, 0.2) is 64.8 Å². The number of amides is 1. The number of benzene rings is 1. The number of aromatic nitrogens is 2. The first-order valence-corrected chi connectivity index (χ1v) is 10.8. The van der Waals surface area contributed by atoms with E-state index in [4.69, 9.17) is 0 Å². The number of thiophene rings is 1. The molecule has 5 nitrogen and oxygen atoms in total. The average Bonchev–Trinajstić information content (AvgIpc) is 3.28. The fourth-order valence-electron chi connectivity index (χ4n) is 3.58. The van der Waals surface area contributed by atoms with Gasteiger partial charge in [0.25, 0.3) is 5.56 Å². The quantitative estimate of drug-likeness (QED) is 0.582. The van der Waals surface area contributed by atoms with Gasteiger partial charge in [0.05, 0.1) is 5.69 Å². The van der Waals surface area contributed by atoms with Gasteiger partial charge in [-0.3, -0.25) is 9.59 Å². The van der Waals surface area contributed by atoms with E-state index in [0.717, 1.165) is 23.3 Å². The molecular formula is C23H22FN3O2S. The van der Waals surface area contributed by atoms with Gasteiger partial charge in [-0.25, -0.2) is 9.07 Å². The summed E-state index contributed by atoms with van der Waals surface area (Å²) in [7, 11) is 0. The second-order valence-electron chi connectivity index (χ2n) is 7.36. The second-order valence-corrected chi connectivity index (χ2v) is 8.34. The van der Waals surface area contributed by atoms with Gasteiger partial charge in [0.1, 0.15) is 5.82 Å². The number of carbonyl (C=O) groups excluding carboxylic acids is 1. The maximum absolute atomic E-state index is 13.2. The van der Waals surface area contributed by atoms with E-state index in [2.05, 4.69) is 5.10 Å². The summed E-state index contributed by atoms with van der Waals surface area (Å²) in [5.74, 6) is -0.00180. The highest BCUT2D eigenvalue weighted by molar-refractivity contribution is 7.10. The van der Waals surface area contributed by atoms with Crippen LogP contribution in [0.3, 0.4) is 0 Å². The summed E-state index contributed by atoms with van der Waals surface area (Å²) in [6.45, 7) is 1.86. The Morgan fingerprint density at radius 2 is 1.90 bits per heavy atom. The van der Waals surface area contributed by atoms with Gasteiger partial charge in [-0.1, -0.05) is 6.07 Å². The Bertz CT molecular complexity index is 1080. The lowest BCUT2D eigenvalue weighted by atomic mass is 9.96. The van der Waals surface area contributed by atoms with Crippen molar-refractivity contribution in [3.8, 4) is 11.3 Å². The van der Waals surface area contributed by atoms with Crippen LogP contribution in [-0.4, -0.2) is 33.7 Å². The molecule has 1 amide bonds. The van der Waals surface area contributed by atoms with Crippen LogP contribution in [0, 0.1) is 11.7 Å². The van der Waals surface area contributed by atoms with E-state index in [1.54, 1.807) is 35.6 Å². The van der Waals surface area contributed by atoms with Crippen LogP contribution in [-0.2, 0) is 11.3 Å². The molecule has 1 aromatic carbocycles. The van der Waals surface area contributed by atoms with Gasteiger partial charge in [0.2, 0.25) is 5.91 Å². The van der Waals surface area contributed by atoms with Gasteiger partial charge in [0, 0.05) is 42.2 Å². The SMILES string of the molecule is O=C(C=Cc1cccs1)N1CCC(Cn2nc(-c3ccc(F)cc3)ccc2=O)CC1. The molecule has 3 aromatic rings. The highest BCUT2D eigenvalue weighted by atomic mass is 32.1. The molecule has 1 aliphatic rings. The molecule has 0 spiro atoms. The standard InChI is InChI=1S/C23H22FN3O2S/c24-19-5-3-18(4-6-19)21-8-10-23(29)27(25-21)16-17-11-13-26(14-12-17)22(28)9-7-20-2-1-15-30-20/h1-10,15,17H,11-14,16H2. The zero-order valence-electron chi connectivity index (χ0n) is 16.4. The lowest BCUT2D eigenvalue weighted by molar-refractivity contribution is -0.127. The third-order valence-electron chi connectivity index (χ3n) is 5.30. The molecule has 0 aliphatic carbocycles. The Morgan fingerprint density at radius 3 is 2.60 bits per heavy atom. The van der Waals surface area contributed by atoms with Crippen molar-refractivity contribution in [3.05, 3.63) is 81.0 Å². The van der Waals surface area contributed by atoms with Crippen molar-refractivity contribution in [1.29, 1.82) is 0 Å². The van der Waals surface area contributed by atoms with E-state index in [-0.39, 0.29) is 23.2 Å². The summed E-state index contributed by atoms with van der Waals surface area (Å²) in [4.78, 5) is 27.6. The maximum atomic E-state index is 13.2. The summed E-state index contributed by atoms with van der Waals surface area (Å²) >= 11 is 1.60. The summed E-state index contributed by atoms with van der Waals surface area (Å²) < 4.78 is 14.6. The molecular weight excluding hydrogens is 401 g/mol. The van der Waals surface area contributed by atoms with Crippen molar-refractivity contribution in [2.24, 2.45) is 5.92 Å². The number of hydrogen-bond donors (Lipinski definition) is 0. The zero-order valence-corrected chi connectivity index (χ0v) is 17.2. The van der Waals surface area contributed by atoms with E-state index >= 15 is 0 Å². The number of nitrogens with zero attached hydrogens (tertiary/aromatic N) is 3. The van der Waals surface area contributed by atoms with E-state index in [0.29, 0.717) is 25.3 Å². The number of rotatable bonds is 5. The van der Waals surface area contributed by atoms with E-state index < -0.39 is 0 Å². The molecule has 0 radical (unpaired) electrons. The van der Waals surface area contributed by atoms with Crippen molar-refractivity contribution in [2.75, 3.05) is 13.1 Å². The van der Waals surface area contributed by atoms with Crippen LogP contribution >= 0.6 is 11.3 Å². The van der Waals surface area contributed by atoms with Gasteiger partial charge < -0.3 is 4.90 Å². The van der Waals surface area contributed by atoms with Crippen molar-refractivity contribution in [2.45, 2.75) is 19.4 Å². The molecule has 0 atom stereocenters. The first-order chi connectivity index (χ1) is 14.6. The van der Waals surface area contributed by atoms with Gasteiger partial charge in [-0.05, 0) is 66.6 Å². The number of piperidine rings is 1. The lowest BCUT2D eigenvalue weighted by Crippen LogP contribution is -2.39. The highest BCUT2D eigenvalue weighted by Crippen LogP contribution is 2.20. The molecule has 0 N–H and O–H groups in total. The van der Waals surface area contributed by atoms with Crippen LogP contribution in [0.1, 0.15) is 17.7 Å². The largest absolute Gasteiger partial charge is 0.339 e. The normalized spacial score (nSPS) is 15.0. The van der Waals surface area contributed by atoms with Crippen molar-refractivity contribution >= 4 is 23.3 Å². The molecule has 0 saturated carbocycles. The molecule has 3 heterocycles. The Hall–Kier alpha value is -3.06. The Labute approximate surface area is 178 Å². The minimum atomic E-state index is -0.307. The number of halogens is 1. The third-order valence-corrected chi connectivity index (χ3v) is 6.13. The molecule has 30 heavy (non-hydrogen) atoms. The molecule has 1 saturated heterocycles. The van der Waals surface area contributed by atoms with Gasteiger partial charge in [0.15, 0.2) is 0 Å². The number of likely N-dealkylation sites (tertiary alicyclic amines) is 1. The van der Waals surface area contributed by atoms with Crippen molar-refractivity contribution in [1.82, 2.24) is 14.7 Å². The van der Waals surface area contributed by atoms with Crippen molar-refractivity contribution < 1.29 is 9.18 Å². The zero-order chi connectivity index (χ0) is 20.9. The molecule has 0 bridgehead atoms. The maximum Gasteiger partial charge on any atom is 0.266 e. The lowest BCUT2D eigenvalue weighted by Gasteiger charge is -2.31. The minimum absolute atomic E-state index is 0.0236. The predicted octanol–water partition coefficient (Wildman–Crippen LogP) is 4.06. The van der Waals surface area contributed by atoms with Crippen LogP contribution < -0.4 is 5.56 Å². The molecule has 1 aliphatic heterocycles. The fourth-order valence-corrected chi connectivity index (χ4v) is 4.20. The number of hydrogen-bond acceptors (Lipinski definition) is 4. The molecule has 7 heteroatoms.